The van der Waals surface area contributed by atoms with Gasteiger partial charge in [-0.2, -0.15) is 0 Å². The Kier molecular flexibility index (Phi) is 3.10. The van der Waals surface area contributed by atoms with E-state index in [1.54, 1.807) is 12.1 Å². The molecule has 0 spiro atoms. The maximum Gasteiger partial charge on any atom is 0.522 e. The van der Waals surface area contributed by atoms with Crippen LogP contribution in [0.5, 0.6) is 0 Å². The molecular formula is C7H9BO3. The summed E-state index contributed by atoms with van der Waals surface area (Å²) in [4.78, 5) is 8.79. The second-order valence-corrected chi connectivity index (χ2v) is 2.03. The Hall–Kier alpha value is -0.835. The van der Waals surface area contributed by atoms with Gasteiger partial charge in [-0.05, 0) is 5.46 Å². The second kappa shape index (κ2) is 4.13. The molecule has 1 aromatic carbocycles. The molecule has 58 valence electrons. The predicted octanol–water partition coefficient (Wildman–Crippen LogP) is -0.0479. The van der Waals surface area contributed by atoms with Gasteiger partial charge >= 0.3 is 7.12 Å². The SMILES string of the molecule is COOB(O)c1ccccc1. The van der Waals surface area contributed by atoms with Crippen LogP contribution >= 0.6 is 0 Å². The summed E-state index contributed by atoms with van der Waals surface area (Å²) < 4.78 is 0. The predicted molar refractivity (Wildman–Crippen MR) is 42.1 cm³/mol. The Morgan fingerprint density at radius 2 is 1.91 bits per heavy atom. The molecule has 0 aromatic heterocycles. The van der Waals surface area contributed by atoms with E-state index >= 15 is 0 Å². The van der Waals surface area contributed by atoms with Crippen LogP contribution in [0.2, 0.25) is 0 Å². The summed E-state index contributed by atoms with van der Waals surface area (Å²) in [5.41, 5.74) is 0.675. The van der Waals surface area contributed by atoms with Gasteiger partial charge in [-0.15, -0.1) is 0 Å². The van der Waals surface area contributed by atoms with E-state index in [0.29, 0.717) is 5.46 Å². The molecule has 0 aliphatic rings. The van der Waals surface area contributed by atoms with Gasteiger partial charge in [0.2, 0.25) is 0 Å². The van der Waals surface area contributed by atoms with Crippen molar-refractivity contribution in [1.82, 2.24) is 0 Å². The van der Waals surface area contributed by atoms with Gasteiger partial charge in [-0.25, -0.2) is 0 Å². The molecule has 1 aromatic rings. The quantitative estimate of drug-likeness (QED) is 0.375. The molecule has 0 atom stereocenters. The molecule has 3 nitrogen and oxygen atoms in total. The third-order valence-corrected chi connectivity index (χ3v) is 1.27. The molecule has 1 rings (SSSR count). The maximum atomic E-state index is 9.17. The van der Waals surface area contributed by atoms with Crippen molar-refractivity contribution in [2.75, 3.05) is 7.11 Å². The van der Waals surface area contributed by atoms with Crippen molar-refractivity contribution < 1.29 is 14.7 Å². The average Bonchev–Trinajstić information content (AvgIpc) is 2.07. The third-order valence-electron chi connectivity index (χ3n) is 1.27. The molecule has 4 heteroatoms. The zero-order valence-electron chi connectivity index (χ0n) is 6.23. The van der Waals surface area contributed by atoms with Crippen molar-refractivity contribution in [3.8, 4) is 0 Å². The Bertz CT molecular complexity index is 202. The second-order valence-electron chi connectivity index (χ2n) is 2.03. The average molecular weight is 152 g/mol. The zero-order valence-corrected chi connectivity index (χ0v) is 6.23. The largest absolute Gasteiger partial charge is 0.522 e. The molecule has 1 N–H and O–H groups in total. The van der Waals surface area contributed by atoms with Crippen LogP contribution in [0.1, 0.15) is 0 Å². The summed E-state index contributed by atoms with van der Waals surface area (Å²) >= 11 is 0. The van der Waals surface area contributed by atoms with Crippen molar-refractivity contribution in [1.29, 1.82) is 0 Å². The Labute approximate surface area is 65.6 Å². The molecule has 0 bridgehead atoms. The van der Waals surface area contributed by atoms with E-state index in [0.717, 1.165) is 0 Å². The van der Waals surface area contributed by atoms with Crippen LogP contribution in [0.3, 0.4) is 0 Å². The summed E-state index contributed by atoms with van der Waals surface area (Å²) in [6, 6.07) is 9.01. The van der Waals surface area contributed by atoms with Crippen LogP contribution < -0.4 is 5.46 Å². The lowest BCUT2D eigenvalue weighted by Gasteiger charge is -2.02. The summed E-state index contributed by atoms with van der Waals surface area (Å²) in [5, 5.41) is 9.17. The molecule has 0 aliphatic heterocycles. The van der Waals surface area contributed by atoms with Gasteiger partial charge in [0, 0.05) is 0 Å². The topological polar surface area (TPSA) is 38.7 Å². The van der Waals surface area contributed by atoms with Gasteiger partial charge in [0.25, 0.3) is 0 Å². The summed E-state index contributed by atoms with van der Waals surface area (Å²) in [5.74, 6) is 0. The molecular weight excluding hydrogens is 143 g/mol. The molecule has 0 saturated carbocycles. The highest BCUT2D eigenvalue weighted by molar-refractivity contribution is 6.59. The van der Waals surface area contributed by atoms with Gasteiger partial charge < -0.3 is 5.02 Å². The van der Waals surface area contributed by atoms with Crippen LogP contribution in [0.15, 0.2) is 30.3 Å². The van der Waals surface area contributed by atoms with Gasteiger partial charge in [0.15, 0.2) is 0 Å². The van der Waals surface area contributed by atoms with E-state index in [4.69, 9.17) is 0 Å². The highest BCUT2D eigenvalue weighted by Crippen LogP contribution is 1.87. The molecule has 0 unspecified atom stereocenters. The number of hydrogen-bond acceptors (Lipinski definition) is 3. The number of hydrogen-bond donors (Lipinski definition) is 1. The van der Waals surface area contributed by atoms with E-state index in [9.17, 15) is 5.02 Å². The Balaban J connectivity index is 2.61. The maximum absolute atomic E-state index is 9.17. The van der Waals surface area contributed by atoms with Crippen molar-refractivity contribution in [3.05, 3.63) is 30.3 Å². The minimum Gasteiger partial charge on any atom is -0.422 e. The highest BCUT2D eigenvalue weighted by Gasteiger charge is 2.15. The first kappa shape index (κ1) is 8.26. The van der Waals surface area contributed by atoms with E-state index in [-0.39, 0.29) is 0 Å². The van der Waals surface area contributed by atoms with Crippen LogP contribution in [-0.4, -0.2) is 19.3 Å². The molecule has 0 saturated heterocycles. The molecule has 0 aliphatic carbocycles. The summed E-state index contributed by atoms with van der Waals surface area (Å²) in [7, 11) is 0.354. The van der Waals surface area contributed by atoms with Gasteiger partial charge in [0.05, 0.1) is 7.11 Å². The highest BCUT2D eigenvalue weighted by atomic mass is 17.2. The molecule has 0 radical (unpaired) electrons. The molecule has 11 heavy (non-hydrogen) atoms. The lowest BCUT2D eigenvalue weighted by atomic mass is 9.80. The Morgan fingerprint density at radius 1 is 1.27 bits per heavy atom. The van der Waals surface area contributed by atoms with Gasteiger partial charge in [0.1, 0.15) is 0 Å². The summed E-state index contributed by atoms with van der Waals surface area (Å²) in [6.07, 6.45) is 0. The molecule has 0 amide bonds. The van der Waals surface area contributed by atoms with Crippen molar-refractivity contribution >= 4 is 12.6 Å². The molecule has 0 fully saturated rings. The van der Waals surface area contributed by atoms with E-state index in [2.05, 4.69) is 9.69 Å². The van der Waals surface area contributed by atoms with E-state index in [1.807, 2.05) is 18.2 Å². The van der Waals surface area contributed by atoms with Gasteiger partial charge in [-0.1, -0.05) is 30.3 Å². The van der Waals surface area contributed by atoms with Crippen LogP contribution in [0, 0.1) is 0 Å². The first-order valence-corrected chi connectivity index (χ1v) is 3.27. The molecule has 0 heterocycles. The first-order valence-electron chi connectivity index (χ1n) is 3.27. The first-order chi connectivity index (χ1) is 5.34. The lowest BCUT2D eigenvalue weighted by molar-refractivity contribution is -0.193. The minimum absolute atomic E-state index is 0.675. The van der Waals surface area contributed by atoms with Gasteiger partial charge in [-0.3, -0.25) is 9.69 Å². The van der Waals surface area contributed by atoms with E-state index < -0.39 is 7.12 Å². The smallest absolute Gasteiger partial charge is 0.422 e. The standard InChI is InChI=1S/C7H9BO3/c1-10-11-8(9)7-5-3-2-4-6-7/h2-6,9H,1H3. The fourth-order valence-electron chi connectivity index (χ4n) is 0.764. The fourth-order valence-corrected chi connectivity index (χ4v) is 0.764. The lowest BCUT2D eigenvalue weighted by Crippen LogP contribution is -2.32. The number of rotatable bonds is 3. The Morgan fingerprint density at radius 3 is 2.45 bits per heavy atom. The third kappa shape index (κ3) is 2.34. The van der Waals surface area contributed by atoms with Crippen LogP contribution in [0.4, 0.5) is 0 Å². The number of benzene rings is 1. The van der Waals surface area contributed by atoms with Crippen LogP contribution in [0.25, 0.3) is 0 Å². The normalized spacial score (nSPS) is 9.64. The van der Waals surface area contributed by atoms with Crippen molar-refractivity contribution in [3.63, 3.8) is 0 Å². The monoisotopic (exact) mass is 152 g/mol. The van der Waals surface area contributed by atoms with Crippen molar-refractivity contribution in [2.45, 2.75) is 0 Å². The fraction of sp³-hybridized carbons (Fsp3) is 0.143. The van der Waals surface area contributed by atoms with E-state index in [1.165, 1.54) is 7.11 Å². The minimum atomic E-state index is -0.999. The zero-order chi connectivity index (χ0) is 8.10. The van der Waals surface area contributed by atoms with Crippen molar-refractivity contribution in [2.24, 2.45) is 0 Å². The van der Waals surface area contributed by atoms with Crippen LogP contribution in [-0.2, 0) is 9.69 Å². The summed E-state index contributed by atoms with van der Waals surface area (Å²) in [6.45, 7) is 0.